The topological polar surface area (TPSA) is 52.6 Å². The van der Waals surface area contributed by atoms with Crippen molar-refractivity contribution >= 4 is 9.84 Å². The van der Waals surface area contributed by atoms with E-state index in [2.05, 4.69) is 0 Å². The minimum Gasteiger partial charge on any atom is -0.343 e. The van der Waals surface area contributed by atoms with Gasteiger partial charge in [-0.1, -0.05) is 0 Å². The maximum absolute atomic E-state index is 13.8. The predicted octanol–water partition coefficient (Wildman–Crippen LogP) is 1.67. The van der Waals surface area contributed by atoms with E-state index in [0.717, 1.165) is 12.1 Å². The second-order valence-corrected chi connectivity index (χ2v) is 6.46. The van der Waals surface area contributed by atoms with E-state index in [1.807, 2.05) is 0 Å². The first-order valence-electron chi connectivity index (χ1n) is 5.89. The summed E-state index contributed by atoms with van der Waals surface area (Å²) >= 11 is 0. The van der Waals surface area contributed by atoms with Crippen molar-refractivity contribution in [1.29, 1.82) is 0 Å². The Hall–Kier alpha value is -1.05. The maximum Gasteiger partial charge on any atom is 0.207 e. The lowest BCUT2D eigenvalue weighted by atomic mass is 10.1. The zero-order valence-corrected chi connectivity index (χ0v) is 10.8. The number of rotatable bonds is 2. The van der Waals surface area contributed by atoms with Crippen molar-refractivity contribution in [1.82, 2.24) is 0 Å². The van der Waals surface area contributed by atoms with Gasteiger partial charge >= 0.3 is 0 Å². The standard InChI is InChI=1S/C12H12F2O4S/c13-7-19(15,16)10-2-1-9(14)8-3-4-12(11(8)10)17-5-6-18-12/h1-2H,3-7H2. The minimum atomic E-state index is -4.10. The van der Waals surface area contributed by atoms with Gasteiger partial charge in [0, 0.05) is 12.0 Å². The van der Waals surface area contributed by atoms with Gasteiger partial charge in [0.1, 0.15) is 5.82 Å². The Balaban J connectivity index is 2.27. The van der Waals surface area contributed by atoms with Gasteiger partial charge in [-0.05, 0) is 24.1 Å². The van der Waals surface area contributed by atoms with E-state index in [0.29, 0.717) is 26.1 Å². The molecule has 0 atom stereocenters. The van der Waals surface area contributed by atoms with Crippen molar-refractivity contribution in [2.45, 2.75) is 23.5 Å². The Kier molecular flexibility index (Phi) is 2.88. The van der Waals surface area contributed by atoms with E-state index >= 15 is 0 Å². The first-order chi connectivity index (χ1) is 9.00. The van der Waals surface area contributed by atoms with Crippen molar-refractivity contribution in [2.24, 2.45) is 0 Å². The quantitative estimate of drug-likeness (QED) is 0.778. The molecule has 19 heavy (non-hydrogen) atoms. The zero-order valence-electron chi connectivity index (χ0n) is 9.99. The fraction of sp³-hybridized carbons (Fsp3) is 0.500. The molecule has 0 aromatic heterocycles. The maximum atomic E-state index is 13.8. The number of benzene rings is 1. The van der Waals surface area contributed by atoms with Crippen LogP contribution in [-0.4, -0.2) is 27.6 Å². The summed E-state index contributed by atoms with van der Waals surface area (Å²) in [5, 5.41) is 0. The molecule has 1 aromatic rings. The van der Waals surface area contributed by atoms with E-state index in [1.165, 1.54) is 0 Å². The van der Waals surface area contributed by atoms with Gasteiger partial charge in [0.25, 0.3) is 0 Å². The van der Waals surface area contributed by atoms with Crippen molar-refractivity contribution < 1.29 is 26.7 Å². The van der Waals surface area contributed by atoms with Gasteiger partial charge in [0.2, 0.25) is 9.84 Å². The molecule has 0 N–H and O–H groups in total. The van der Waals surface area contributed by atoms with Gasteiger partial charge < -0.3 is 9.47 Å². The zero-order chi connectivity index (χ0) is 13.7. The van der Waals surface area contributed by atoms with Crippen LogP contribution in [0.5, 0.6) is 0 Å². The van der Waals surface area contributed by atoms with Crippen LogP contribution in [0.25, 0.3) is 0 Å². The lowest BCUT2D eigenvalue weighted by Gasteiger charge is -2.24. The Bertz CT molecular complexity index is 621. The SMILES string of the molecule is O=S(=O)(CF)c1ccc(F)c2c1C1(CC2)OCCO1. The summed E-state index contributed by atoms with van der Waals surface area (Å²) in [5.41, 5.74) is 0.388. The summed E-state index contributed by atoms with van der Waals surface area (Å²) in [6.45, 7) is 0.621. The number of alkyl halides is 1. The highest BCUT2D eigenvalue weighted by atomic mass is 32.2. The van der Waals surface area contributed by atoms with Crippen molar-refractivity contribution in [3.8, 4) is 0 Å². The van der Waals surface area contributed by atoms with Gasteiger partial charge in [-0.2, -0.15) is 0 Å². The molecule has 1 heterocycles. The molecule has 1 aliphatic carbocycles. The number of hydrogen-bond donors (Lipinski definition) is 0. The van der Waals surface area contributed by atoms with Gasteiger partial charge in [-0.3, -0.25) is 0 Å². The highest BCUT2D eigenvalue weighted by molar-refractivity contribution is 7.91. The molecule has 0 unspecified atom stereocenters. The second-order valence-electron chi connectivity index (χ2n) is 4.57. The van der Waals surface area contributed by atoms with Crippen LogP contribution in [0, 0.1) is 5.82 Å². The predicted molar refractivity (Wildman–Crippen MR) is 61.5 cm³/mol. The molecule has 2 aliphatic rings. The molecule has 1 spiro atoms. The largest absolute Gasteiger partial charge is 0.343 e. The van der Waals surface area contributed by atoms with E-state index < -0.39 is 27.4 Å². The summed E-state index contributed by atoms with van der Waals surface area (Å²) in [5.74, 6) is -1.74. The molecule has 0 radical (unpaired) electrons. The average Bonchev–Trinajstić information content (AvgIpc) is 3.00. The number of ether oxygens (including phenoxy) is 2. The van der Waals surface area contributed by atoms with Crippen LogP contribution in [0.1, 0.15) is 17.5 Å². The molecule has 0 amide bonds. The van der Waals surface area contributed by atoms with Crippen molar-refractivity contribution in [3.05, 3.63) is 29.1 Å². The number of hydrogen-bond acceptors (Lipinski definition) is 4. The second kappa shape index (κ2) is 4.22. The Labute approximate surface area is 109 Å². The van der Waals surface area contributed by atoms with Crippen LogP contribution in [0.3, 0.4) is 0 Å². The van der Waals surface area contributed by atoms with Crippen LogP contribution in [-0.2, 0) is 31.5 Å². The Morgan fingerprint density at radius 2 is 1.95 bits per heavy atom. The van der Waals surface area contributed by atoms with E-state index in [4.69, 9.17) is 9.47 Å². The van der Waals surface area contributed by atoms with Gasteiger partial charge in [0.05, 0.1) is 18.1 Å². The molecule has 1 saturated heterocycles. The Morgan fingerprint density at radius 1 is 1.26 bits per heavy atom. The van der Waals surface area contributed by atoms with E-state index in [1.54, 1.807) is 0 Å². The first kappa shape index (κ1) is 13.0. The molecule has 1 fully saturated rings. The Morgan fingerprint density at radius 3 is 2.58 bits per heavy atom. The summed E-state index contributed by atoms with van der Waals surface area (Å²) < 4.78 is 61.1. The third-order valence-corrected chi connectivity index (χ3v) is 4.83. The highest BCUT2D eigenvalue weighted by Gasteiger charge is 2.48. The number of sulfone groups is 1. The molecular weight excluding hydrogens is 278 g/mol. The van der Waals surface area contributed by atoms with Crippen LogP contribution < -0.4 is 0 Å². The molecule has 7 heteroatoms. The summed E-state index contributed by atoms with van der Waals surface area (Å²) in [4.78, 5) is -0.231. The van der Waals surface area contributed by atoms with Gasteiger partial charge in [-0.15, -0.1) is 0 Å². The summed E-state index contributed by atoms with van der Waals surface area (Å²) in [7, 11) is -4.10. The third kappa shape index (κ3) is 1.79. The number of halogens is 2. The monoisotopic (exact) mass is 290 g/mol. The fourth-order valence-electron chi connectivity index (χ4n) is 2.74. The van der Waals surface area contributed by atoms with Crippen LogP contribution >= 0.6 is 0 Å². The summed E-state index contributed by atoms with van der Waals surface area (Å²) in [6.07, 6.45) is 0.662. The molecule has 3 rings (SSSR count). The molecule has 1 aliphatic heterocycles. The smallest absolute Gasteiger partial charge is 0.207 e. The van der Waals surface area contributed by atoms with Crippen LogP contribution in [0.4, 0.5) is 8.78 Å². The van der Waals surface area contributed by atoms with E-state index in [-0.39, 0.29) is 16.0 Å². The molecule has 4 nitrogen and oxygen atoms in total. The summed E-state index contributed by atoms with van der Waals surface area (Å²) in [6, 6.07) is 0.609. The van der Waals surface area contributed by atoms with Crippen LogP contribution in [0.15, 0.2) is 17.0 Å². The third-order valence-electron chi connectivity index (χ3n) is 3.54. The average molecular weight is 290 g/mol. The molecule has 0 bridgehead atoms. The minimum absolute atomic E-state index is 0.141. The molecule has 0 saturated carbocycles. The molecule has 1 aromatic carbocycles. The first-order valence-corrected chi connectivity index (χ1v) is 7.54. The van der Waals surface area contributed by atoms with Gasteiger partial charge in [0.15, 0.2) is 11.8 Å². The van der Waals surface area contributed by atoms with Crippen LogP contribution in [0.2, 0.25) is 0 Å². The lowest BCUT2D eigenvalue weighted by Crippen LogP contribution is -2.26. The molecule has 104 valence electrons. The molecular formula is C12H12F2O4S. The number of fused-ring (bicyclic) bond motifs is 2. The van der Waals surface area contributed by atoms with Crippen molar-refractivity contribution in [2.75, 3.05) is 19.2 Å². The normalized spacial score (nSPS) is 20.9. The lowest BCUT2D eigenvalue weighted by molar-refractivity contribution is -0.164. The van der Waals surface area contributed by atoms with E-state index in [9.17, 15) is 17.2 Å². The van der Waals surface area contributed by atoms with Gasteiger partial charge in [-0.25, -0.2) is 17.2 Å². The van der Waals surface area contributed by atoms with Crippen molar-refractivity contribution in [3.63, 3.8) is 0 Å². The highest BCUT2D eigenvalue weighted by Crippen LogP contribution is 2.47. The fourth-order valence-corrected chi connectivity index (χ4v) is 3.72.